The Kier molecular flexibility index (Phi) is 5.55. The number of hydrogen-bond acceptors (Lipinski definition) is 6. The van der Waals surface area contributed by atoms with Gasteiger partial charge in [0.15, 0.2) is 0 Å². The van der Waals surface area contributed by atoms with E-state index in [0.717, 1.165) is 12.8 Å². The molecule has 0 unspecified atom stereocenters. The normalized spacial score (nSPS) is 17.6. The summed E-state index contributed by atoms with van der Waals surface area (Å²) in [6.45, 7) is 3.28. The summed E-state index contributed by atoms with van der Waals surface area (Å²) >= 11 is 0. The van der Waals surface area contributed by atoms with Crippen molar-refractivity contribution in [2.24, 2.45) is 5.73 Å². The molecule has 2 aliphatic rings. The number of carbonyl (C=O) groups is 2. The first-order valence-electron chi connectivity index (χ1n) is 10.4. The van der Waals surface area contributed by atoms with E-state index in [2.05, 4.69) is 11.2 Å². The van der Waals surface area contributed by atoms with E-state index in [1.807, 2.05) is 6.92 Å². The zero-order valence-corrected chi connectivity index (χ0v) is 17.4. The molecule has 2 fully saturated rings. The lowest BCUT2D eigenvalue weighted by molar-refractivity contribution is 0.0489. The van der Waals surface area contributed by atoms with Gasteiger partial charge in [-0.1, -0.05) is 0 Å². The van der Waals surface area contributed by atoms with Crippen LogP contribution in [0.1, 0.15) is 60.3 Å². The summed E-state index contributed by atoms with van der Waals surface area (Å²) < 4.78 is 13.0. The Hall–Kier alpha value is -3.54. The van der Waals surface area contributed by atoms with Crippen molar-refractivity contribution >= 4 is 12.0 Å². The van der Waals surface area contributed by atoms with Crippen LogP contribution in [-0.2, 0) is 11.3 Å². The standard InChI is InChI=1S/C22H25N5O4/c1-22(8-9-22)31-21(29)26-10-6-17(7-11-26)27-19(12-23)16(13-25-27)14-30-18-4-2-15(3-5-18)20(24)28/h2-5,13,17H,6-11,14H2,1H3,(H2,24,28). The van der Waals surface area contributed by atoms with Gasteiger partial charge < -0.3 is 20.1 Å². The average molecular weight is 423 g/mol. The molecular formula is C22H25N5O4. The van der Waals surface area contributed by atoms with Gasteiger partial charge in [-0.2, -0.15) is 10.4 Å². The highest BCUT2D eigenvalue weighted by atomic mass is 16.6. The van der Waals surface area contributed by atoms with Gasteiger partial charge in [-0.25, -0.2) is 4.79 Å². The quantitative estimate of drug-likeness (QED) is 0.762. The lowest BCUT2D eigenvalue weighted by atomic mass is 10.1. The summed E-state index contributed by atoms with van der Waals surface area (Å²) in [6, 6.07) is 8.77. The van der Waals surface area contributed by atoms with Crippen molar-refractivity contribution in [2.45, 2.75) is 50.9 Å². The number of nitrogens with zero attached hydrogens (tertiary/aromatic N) is 4. The first kappa shape index (κ1) is 20.7. The third-order valence-corrected chi connectivity index (χ3v) is 5.87. The van der Waals surface area contributed by atoms with Crippen molar-refractivity contribution in [3.63, 3.8) is 0 Å². The van der Waals surface area contributed by atoms with E-state index in [1.54, 1.807) is 40.0 Å². The molecular weight excluding hydrogens is 398 g/mol. The van der Waals surface area contributed by atoms with Crippen LogP contribution in [0.3, 0.4) is 0 Å². The fourth-order valence-corrected chi connectivity index (χ4v) is 3.63. The second-order valence-corrected chi connectivity index (χ2v) is 8.29. The Balaban J connectivity index is 1.35. The largest absolute Gasteiger partial charge is 0.489 e. The van der Waals surface area contributed by atoms with E-state index in [-0.39, 0.29) is 24.3 Å². The number of amides is 2. The fraction of sp³-hybridized carbons (Fsp3) is 0.455. The molecule has 0 radical (unpaired) electrons. The number of rotatable bonds is 6. The Morgan fingerprint density at radius 2 is 1.94 bits per heavy atom. The van der Waals surface area contributed by atoms with E-state index >= 15 is 0 Å². The van der Waals surface area contributed by atoms with Crippen LogP contribution >= 0.6 is 0 Å². The molecule has 0 spiro atoms. The Morgan fingerprint density at radius 3 is 2.52 bits per heavy atom. The molecule has 2 amide bonds. The molecule has 0 bridgehead atoms. The summed E-state index contributed by atoms with van der Waals surface area (Å²) in [5.41, 5.74) is 6.51. The Morgan fingerprint density at radius 1 is 1.26 bits per heavy atom. The number of ether oxygens (including phenoxy) is 2. The van der Waals surface area contributed by atoms with E-state index < -0.39 is 5.91 Å². The average Bonchev–Trinajstić information content (AvgIpc) is 3.35. The lowest BCUT2D eigenvalue weighted by Gasteiger charge is -2.32. The molecule has 1 saturated heterocycles. The first-order chi connectivity index (χ1) is 14.9. The van der Waals surface area contributed by atoms with Crippen LogP contribution in [0.25, 0.3) is 0 Å². The highest BCUT2D eigenvalue weighted by Gasteiger charge is 2.43. The van der Waals surface area contributed by atoms with E-state index in [4.69, 9.17) is 15.2 Å². The van der Waals surface area contributed by atoms with Crippen molar-refractivity contribution in [1.82, 2.24) is 14.7 Å². The number of hydrogen-bond donors (Lipinski definition) is 1. The van der Waals surface area contributed by atoms with Gasteiger partial charge in [-0.15, -0.1) is 0 Å². The molecule has 4 rings (SSSR count). The molecule has 31 heavy (non-hydrogen) atoms. The number of piperidine rings is 1. The number of primary amides is 1. The summed E-state index contributed by atoms with van der Waals surface area (Å²) in [4.78, 5) is 25.2. The molecule has 1 aliphatic heterocycles. The topological polar surface area (TPSA) is 123 Å². The van der Waals surface area contributed by atoms with Gasteiger partial charge in [0.05, 0.1) is 12.2 Å². The molecule has 9 heteroatoms. The maximum Gasteiger partial charge on any atom is 0.410 e. The smallest absolute Gasteiger partial charge is 0.410 e. The lowest BCUT2D eigenvalue weighted by Crippen LogP contribution is -2.41. The maximum absolute atomic E-state index is 12.3. The van der Waals surface area contributed by atoms with Crippen molar-refractivity contribution < 1.29 is 19.1 Å². The van der Waals surface area contributed by atoms with E-state index in [1.165, 1.54) is 0 Å². The number of aromatic nitrogens is 2. The zero-order chi connectivity index (χ0) is 22.0. The third kappa shape index (κ3) is 4.63. The van der Waals surface area contributed by atoms with Crippen molar-refractivity contribution in [3.8, 4) is 11.8 Å². The number of likely N-dealkylation sites (tertiary alicyclic amines) is 1. The predicted molar refractivity (Wildman–Crippen MR) is 110 cm³/mol. The molecule has 2 N–H and O–H groups in total. The minimum Gasteiger partial charge on any atom is -0.489 e. The summed E-state index contributed by atoms with van der Waals surface area (Å²) in [5, 5.41) is 14.1. The van der Waals surface area contributed by atoms with Crippen LogP contribution in [0, 0.1) is 11.3 Å². The second kappa shape index (κ2) is 8.30. The van der Waals surface area contributed by atoms with Crippen LogP contribution in [0.5, 0.6) is 5.75 Å². The van der Waals surface area contributed by atoms with Crippen LogP contribution in [0.15, 0.2) is 30.5 Å². The van der Waals surface area contributed by atoms with E-state index in [0.29, 0.717) is 48.5 Å². The number of nitrogens with two attached hydrogens (primary N) is 1. The third-order valence-electron chi connectivity index (χ3n) is 5.87. The molecule has 1 saturated carbocycles. The molecule has 2 aromatic rings. The van der Waals surface area contributed by atoms with Crippen molar-refractivity contribution in [1.29, 1.82) is 5.26 Å². The first-order valence-corrected chi connectivity index (χ1v) is 10.4. The molecule has 1 aromatic carbocycles. The second-order valence-electron chi connectivity index (χ2n) is 8.29. The van der Waals surface area contributed by atoms with Gasteiger partial charge in [-0.05, 0) is 56.9 Å². The fourth-order valence-electron chi connectivity index (χ4n) is 3.63. The molecule has 9 nitrogen and oxygen atoms in total. The van der Waals surface area contributed by atoms with Crippen molar-refractivity contribution in [2.75, 3.05) is 13.1 Å². The monoisotopic (exact) mass is 423 g/mol. The van der Waals surface area contributed by atoms with Crippen LogP contribution in [0.2, 0.25) is 0 Å². The van der Waals surface area contributed by atoms with Crippen LogP contribution < -0.4 is 10.5 Å². The summed E-state index contributed by atoms with van der Waals surface area (Å²) in [6.07, 6.45) is 4.65. The SMILES string of the molecule is CC1(OC(=O)N2CCC(n3ncc(COc4ccc(C(N)=O)cc4)c3C#N)CC2)CC1. The number of carbonyl (C=O) groups excluding carboxylic acids is 2. The number of nitriles is 1. The minimum atomic E-state index is -0.499. The molecule has 1 aliphatic carbocycles. The van der Waals surface area contributed by atoms with Crippen LogP contribution in [0.4, 0.5) is 4.79 Å². The van der Waals surface area contributed by atoms with Crippen LogP contribution in [-0.4, -0.2) is 45.4 Å². The van der Waals surface area contributed by atoms with Gasteiger partial charge in [-0.3, -0.25) is 9.48 Å². The molecule has 0 atom stereocenters. The highest BCUT2D eigenvalue weighted by Crippen LogP contribution is 2.39. The maximum atomic E-state index is 12.3. The van der Waals surface area contributed by atoms with Gasteiger partial charge >= 0.3 is 6.09 Å². The predicted octanol–water partition coefficient (Wildman–Crippen LogP) is 2.76. The van der Waals surface area contributed by atoms with Gasteiger partial charge in [0.2, 0.25) is 5.91 Å². The molecule has 2 heterocycles. The van der Waals surface area contributed by atoms with Crippen molar-refractivity contribution in [3.05, 3.63) is 47.3 Å². The van der Waals surface area contributed by atoms with E-state index in [9.17, 15) is 14.9 Å². The molecule has 1 aromatic heterocycles. The zero-order valence-electron chi connectivity index (χ0n) is 17.4. The summed E-state index contributed by atoms with van der Waals surface area (Å²) in [7, 11) is 0. The minimum absolute atomic E-state index is 0.0406. The molecule has 162 valence electrons. The summed E-state index contributed by atoms with van der Waals surface area (Å²) in [5.74, 6) is 0.0680. The Labute approximate surface area is 180 Å². The Bertz CT molecular complexity index is 1010. The number of benzene rings is 1. The van der Waals surface area contributed by atoms with Gasteiger partial charge in [0.25, 0.3) is 0 Å². The van der Waals surface area contributed by atoms with Gasteiger partial charge in [0, 0.05) is 24.2 Å². The van der Waals surface area contributed by atoms with Gasteiger partial charge in [0.1, 0.15) is 29.7 Å². The highest BCUT2D eigenvalue weighted by molar-refractivity contribution is 5.92.